The Hall–Kier alpha value is -3.33. The molecule has 140 valence electrons. The van der Waals surface area contributed by atoms with Crippen molar-refractivity contribution in [2.75, 3.05) is 18.5 Å². The van der Waals surface area contributed by atoms with Crippen LogP contribution in [0, 0.1) is 18.3 Å². The van der Waals surface area contributed by atoms with Crippen molar-refractivity contribution in [3.05, 3.63) is 59.7 Å². The molecule has 0 saturated carbocycles. The largest absolute Gasteiger partial charge is 0.494 e. The van der Waals surface area contributed by atoms with Crippen molar-refractivity contribution in [1.82, 2.24) is 0 Å². The van der Waals surface area contributed by atoms with Crippen molar-refractivity contribution in [2.45, 2.75) is 26.2 Å². The minimum absolute atomic E-state index is 0.182. The highest BCUT2D eigenvalue weighted by molar-refractivity contribution is 5.92. The van der Waals surface area contributed by atoms with Crippen LogP contribution in [-0.2, 0) is 20.7 Å². The lowest BCUT2D eigenvalue weighted by Gasteiger charge is -2.08. The monoisotopic (exact) mass is 366 g/mol. The van der Waals surface area contributed by atoms with Crippen LogP contribution in [0.4, 0.5) is 5.69 Å². The number of amides is 1. The summed E-state index contributed by atoms with van der Waals surface area (Å²) < 4.78 is 10.5. The fourth-order valence-corrected chi connectivity index (χ4v) is 2.32. The number of aryl methyl sites for hydroxylation is 1. The standard InChI is InChI=1S/C21H22N2O4/c1-16-4-2-5-19(14-16)26-13-3-6-21(25)27-15-20(24)23-18-9-7-17(8-10-18)11-12-22/h2,4-5,7-10,14H,3,6,11,13,15H2,1H3,(H,23,24). The Morgan fingerprint density at radius 3 is 2.63 bits per heavy atom. The highest BCUT2D eigenvalue weighted by Gasteiger charge is 2.08. The molecule has 0 aliphatic rings. The molecule has 1 N–H and O–H groups in total. The number of anilines is 1. The molecule has 0 heterocycles. The molecule has 0 unspecified atom stereocenters. The zero-order valence-corrected chi connectivity index (χ0v) is 15.2. The van der Waals surface area contributed by atoms with E-state index >= 15 is 0 Å². The summed E-state index contributed by atoms with van der Waals surface area (Å²) in [5.41, 5.74) is 2.57. The summed E-state index contributed by atoms with van der Waals surface area (Å²) in [6.07, 6.45) is 1.01. The van der Waals surface area contributed by atoms with Gasteiger partial charge in [0.2, 0.25) is 0 Å². The number of hydrogen-bond acceptors (Lipinski definition) is 5. The Bertz CT molecular complexity index is 810. The first kappa shape index (κ1) is 20.0. The van der Waals surface area contributed by atoms with Crippen LogP contribution in [0.1, 0.15) is 24.0 Å². The molecular formula is C21H22N2O4. The molecule has 0 aliphatic heterocycles. The predicted molar refractivity (Wildman–Crippen MR) is 101 cm³/mol. The third-order valence-corrected chi connectivity index (χ3v) is 3.67. The molecule has 0 aromatic heterocycles. The second-order valence-electron chi connectivity index (χ2n) is 6.01. The maximum absolute atomic E-state index is 11.8. The zero-order valence-electron chi connectivity index (χ0n) is 15.2. The minimum Gasteiger partial charge on any atom is -0.494 e. The van der Waals surface area contributed by atoms with E-state index in [4.69, 9.17) is 14.7 Å². The quantitative estimate of drug-likeness (QED) is 0.543. The number of carbonyl (C=O) groups excluding carboxylic acids is 2. The van der Waals surface area contributed by atoms with Gasteiger partial charge in [-0.05, 0) is 48.7 Å². The Labute approximate surface area is 158 Å². The maximum atomic E-state index is 11.8. The summed E-state index contributed by atoms with van der Waals surface area (Å²) in [4.78, 5) is 23.5. The Morgan fingerprint density at radius 1 is 1.15 bits per heavy atom. The van der Waals surface area contributed by atoms with E-state index in [1.807, 2.05) is 31.2 Å². The van der Waals surface area contributed by atoms with Crippen molar-refractivity contribution in [3.63, 3.8) is 0 Å². The highest BCUT2D eigenvalue weighted by Crippen LogP contribution is 2.13. The van der Waals surface area contributed by atoms with Crippen LogP contribution in [0.2, 0.25) is 0 Å². The van der Waals surface area contributed by atoms with Gasteiger partial charge in [-0.3, -0.25) is 9.59 Å². The average molecular weight is 366 g/mol. The van der Waals surface area contributed by atoms with Gasteiger partial charge in [0.25, 0.3) is 5.91 Å². The van der Waals surface area contributed by atoms with E-state index in [9.17, 15) is 9.59 Å². The van der Waals surface area contributed by atoms with Crippen LogP contribution in [0.15, 0.2) is 48.5 Å². The van der Waals surface area contributed by atoms with Gasteiger partial charge in [-0.25, -0.2) is 0 Å². The molecule has 6 nitrogen and oxygen atoms in total. The topological polar surface area (TPSA) is 88.4 Å². The molecule has 0 saturated heterocycles. The maximum Gasteiger partial charge on any atom is 0.306 e. The number of nitriles is 1. The number of ether oxygens (including phenoxy) is 2. The van der Waals surface area contributed by atoms with Crippen LogP contribution in [-0.4, -0.2) is 25.1 Å². The van der Waals surface area contributed by atoms with Crippen molar-refractivity contribution >= 4 is 17.6 Å². The van der Waals surface area contributed by atoms with Gasteiger partial charge < -0.3 is 14.8 Å². The van der Waals surface area contributed by atoms with E-state index in [2.05, 4.69) is 11.4 Å². The number of carbonyl (C=O) groups is 2. The Morgan fingerprint density at radius 2 is 1.93 bits per heavy atom. The fraction of sp³-hybridized carbons (Fsp3) is 0.286. The van der Waals surface area contributed by atoms with Crippen LogP contribution in [0.25, 0.3) is 0 Å². The van der Waals surface area contributed by atoms with Crippen LogP contribution >= 0.6 is 0 Å². The van der Waals surface area contributed by atoms with Gasteiger partial charge >= 0.3 is 5.97 Å². The van der Waals surface area contributed by atoms with E-state index in [0.29, 0.717) is 25.1 Å². The summed E-state index contributed by atoms with van der Waals surface area (Å²) in [6, 6.07) is 16.7. The summed E-state index contributed by atoms with van der Waals surface area (Å²) >= 11 is 0. The third kappa shape index (κ3) is 7.61. The molecule has 6 heteroatoms. The average Bonchev–Trinajstić information content (AvgIpc) is 2.65. The first-order valence-corrected chi connectivity index (χ1v) is 8.67. The summed E-state index contributed by atoms with van der Waals surface area (Å²) in [5, 5.41) is 11.3. The Kier molecular flexibility index (Phi) is 7.86. The van der Waals surface area contributed by atoms with E-state index < -0.39 is 11.9 Å². The van der Waals surface area contributed by atoms with E-state index in [1.165, 1.54) is 0 Å². The number of hydrogen-bond donors (Lipinski definition) is 1. The second kappa shape index (κ2) is 10.6. The number of nitrogens with zero attached hydrogens (tertiary/aromatic N) is 1. The van der Waals surface area contributed by atoms with Crippen molar-refractivity contribution in [2.24, 2.45) is 0 Å². The van der Waals surface area contributed by atoms with Gasteiger partial charge in [-0.1, -0.05) is 24.3 Å². The van der Waals surface area contributed by atoms with E-state index in [-0.39, 0.29) is 13.0 Å². The first-order chi connectivity index (χ1) is 13.1. The summed E-state index contributed by atoms with van der Waals surface area (Å²) in [5.74, 6) is -0.0849. The summed E-state index contributed by atoms with van der Waals surface area (Å²) in [7, 11) is 0. The number of nitrogens with one attached hydrogen (secondary N) is 1. The molecule has 0 bridgehead atoms. The number of esters is 1. The molecule has 27 heavy (non-hydrogen) atoms. The summed E-state index contributed by atoms with van der Waals surface area (Å²) in [6.45, 7) is 2.05. The molecule has 1 amide bonds. The minimum atomic E-state index is -0.442. The number of benzene rings is 2. The molecular weight excluding hydrogens is 344 g/mol. The molecule has 0 aliphatic carbocycles. The smallest absolute Gasteiger partial charge is 0.306 e. The highest BCUT2D eigenvalue weighted by atomic mass is 16.5. The van der Waals surface area contributed by atoms with Gasteiger partial charge in [0.15, 0.2) is 6.61 Å². The van der Waals surface area contributed by atoms with E-state index in [0.717, 1.165) is 16.9 Å². The normalized spacial score (nSPS) is 9.93. The van der Waals surface area contributed by atoms with Crippen molar-refractivity contribution in [1.29, 1.82) is 5.26 Å². The molecule has 0 atom stereocenters. The molecule has 0 fully saturated rings. The fourth-order valence-electron chi connectivity index (χ4n) is 2.32. The molecule has 2 rings (SSSR count). The predicted octanol–water partition coefficient (Wildman–Crippen LogP) is 3.40. The van der Waals surface area contributed by atoms with Gasteiger partial charge in [0.1, 0.15) is 5.75 Å². The SMILES string of the molecule is Cc1cccc(OCCCC(=O)OCC(=O)Nc2ccc(CC#N)cc2)c1. The van der Waals surface area contributed by atoms with Crippen LogP contribution in [0.5, 0.6) is 5.75 Å². The lowest BCUT2D eigenvalue weighted by molar-refractivity contribution is -0.147. The molecule has 0 spiro atoms. The first-order valence-electron chi connectivity index (χ1n) is 8.67. The van der Waals surface area contributed by atoms with Gasteiger partial charge in [-0.15, -0.1) is 0 Å². The lowest BCUT2D eigenvalue weighted by Crippen LogP contribution is -2.21. The van der Waals surface area contributed by atoms with Crippen molar-refractivity contribution in [3.8, 4) is 11.8 Å². The molecule has 2 aromatic rings. The molecule has 2 aromatic carbocycles. The third-order valence-electron chi connectivity index (χ3n) is 3.67. The van der Waals surface area contributed by atoms with Gasteiger partial charge in [-0.2, -0.15) is 5.26 Å². The second-order valence-corrected chi connectivity index (χ2v) is 6.01. The lowest BCUT2D eigenvalue weighted by atomic mass is 10.1. The van der Waals surface area contributed by atoms with Gasteiger partial charge in [0, 0.05) is 12.1 Å². The van der Waals surface area contributed by atoms with Gasteiger partial charge in [0.05, 0.1) is 19.1 Å². The Balaban J connectivity index is 1.61. The number of rotatable bonds is 9. The van der Waals surface area contributed by atoms with Crippen LogP contribution < -0.4 is 10.1 Å². The van der Waals surface area contributed by atoms with E-state index in [1.54, 1.807) is 24.3 Å². The zero-order chi connectivity index (χ0) is 19.5. The molecule has 0 radical (unpaired) electrons. The van der Waals surface area contributed by atoms with Crippen LogP contribution in [0.3, 0.4) is 0 Å². The van der Waals surface area contributed by atoms with Crippen molar-refractivity contribution < 1.29 is 19.1 Å².